The Balaban J connectivity index is 1.99. The number of rotatable bonds is 1. The van der Waals surface area contributed by atoms with E-state index in [1.165, 1.54) is 0 Å². The van der Waals surface area contributed by atoms with Crippen LogP contribution in [0.15, 0.2) is 10.4 Å². The first-order chi connectivity index (χ1) is 6.36. The van der Waals surface area contributed by atoms with Gasteiger partial charge in [0.25, 0.3) is 5.91 Å². The molecule has 13 heavy (non-hydrogen) atoms. The van der Waals surface area contributed by atoms with Crippen molar-refractivity contribution < 1.29 is 4.79 Å². The summed E-state index contributed by atoms with van der Waals surface area (Å²) in [5, 5.41) is 8.60. The minimum absolute atomic E-state index is 0.234. The lowest BCUT2D eigenvalue weighted by Crippen LogP contribution is -2.27. The highest BCUT2D eigenvalue weighted by atomic mass is 32.2. The zero-order valence-electron chi connectivity index (χ0n) is 6.56. The van der Waals surface area contributed by atoms with Gasteiger partial charge in [0, 0.05) is 11.1 Å². The summed E-state index contributed by atoms with van der Waals surface area (Å²) in [7, 11) is 0. The van der Waals surface area contributed by atoms with Crippen molar-refractivity contribution in [2.24, 2.45) is 4.99 Å². The third-order valence-electron chi connectivity index (χ3n) is 1.40. The fraction of sp³-hybridized carbons (Fsp3) is 0.333. The Bertz CT molecular complexity index is 334. The maximum Gasteiger partial charge on any atom is 0.278 e. The van der Waals surface area contributed by atoms with Crippen molar-refractivity contribution >= 4 is 34.4 Å². The fourth-order valence-corrected chi connectivity index (χ4v) is 2.00. The molecule has 1 amide bonds. The lowest BCUT2D eigenvalue weighted by Gasteiger charge is -1.98. The molecule has 0 aliphatic carbocycles. The quantitative estimate of drug-likeness (QED) is 0.733. The smallest absolute Gasteiger partial charge is 0.278 e. The summed E-state index contributed by atoms with van der Waals surface area (Å²) >= 11 is 2.70. The largest absolute Gasteiger partial charge is 0.300 e. The molecule has 0 fully saturated rings. The van der Waals surface area contributed by atoms with Gasteiger partial charge >= 0.3 is 0 Å². The number of aromatic nitrogens is 2. The van der Waals surface area contributed by atoms with Gasteiger partial charge in [0.05, 0.1) is 6.54 Å². The van der Waals surface area contributed by atoms with E-state index in [4.69, 9.17) is 0 Å². The number of carbonyl (C=O) groups excluding carboxylic acids is 1. The summed E-state index contributed by atoms with van der Waals surface area (Å²) in [5.74, 6) is 0.701. The molecule has 1 aliphatic heterocycles. The summed E-state index contributed by atoms with van der Waals surface area (Å²) < 4.78 is 3.60. The van der Waals surface area contributed by atoms with E-state index in [1.807, 2.05) is 0 Å². The molecule has 5 nitrogen and oxygen atoms in total. The molecule has 2 heterocycles. The van der Waals surface area contributed by atoms with Gasteiger partial charge < -0.3 is 0 Å². The maximum atomic E-state index is 11.4. The highest BCUT2D eigenvalue weighted by Crippen LogP contribution is 2.09. The third-order valence-corrected chi connectivity index (χ3v) is 2.79. The van der Waals surface area contributed by atoms with Crippen LogP contribution in [0, 0.1) is 0 Å². The topological polar surface area (TPSA) is 67.2 Å². The van der Waals surface area contributed by atoms with Gasteiger partial charge in [-0.15, -0.1) is 5.10 Å². The van der Waals surface area contributed by atoms with Crippen LogP contribution in [-0.2, 0) is 0 Å². The molecular weight excluding hydrogens is 208 g/mol. The molecule has 1 N–H and O–H groups in total. The Kier molecular flexibility index (Phi) is 2.55. The van der Waals surface area contributed by atoms with Crippen LogP contribution in [0.1, 0.15) is 10.5 Å². The lowest BCUT2D eigenvalue weighted by molar-refractivity contribution is 0.0973. The summed E-state index contributed by atoms with van der Waals surface area (Å²) in [5.41, 5.74) is 0.347. The number of amidine groups is 1. The third kappa shape index (κ3) is 2.04. The zero-order valence-corrected chi connectivity index (χ0v) is 8.19. The molecule has 0 spiro atoms. The molecule has 7 heteroatoms. The van der Waals surface area contributed by atoms with Crippen molar-refractivity contribution in [3.8, 4) is 0 Å². The fourth-order valence-electron chi connectivity index (χ4n) is 0.835. The number of carbonyl (C=O) groups is 1. The highest BCUT2D eigenvalue weighted by molar-refractivity contribution is 8.14. The van der Waals surface area contributed by atoms with Gasteiger partial charge in [0.15, 0.2) is 10.9 Å². The molecule has 1 aliphatic rings. The van der Waals surface area contributed by atoms with Crippen molar-refractivity contribution in [2.45, 2.75) is 0 Å². The molecule has 2 rings (SSSR count). The second-order valence-corrected chi connectivity index (χ2v) is 3.97. The lowest BCUT2D eigenvalue weighted by atomic mass is 10.5. The number of aliphatic imine (C=N–C) groups is 1. The first kappa shape index (κ1) is 8.64. The van der Waals surface area contributed by atoms with Crippen LogP contribution in [0.3, 0.4) is 0 Å². The summed E-state index contributed by atoms with van der Waals surface area (Å²) in [6, 6.07) is 0. The van der Waals surface area contributed by atoms with Crippen LogP contribution in [0.5, 0.6) is 0 Å². The van der Waals surface area contributed by atoms with Gasteiger partial charge in [0.1, 0.15) is 0 Å². The first-order valence-corrected chi connectivity index (χ1v) is 5.44. The van der Waals surface area contributed by atoms with Gasteiger partial charge in [-0.3, -0.25) is 15.1 Å². The van der Waals surface area contributed by atoms with Crippen LogP contribution in [-0.4, -0.2) is 33.0 Å². The Morgan fingerprint density at radius 2 is 2.54 bits per heavy atom. The van der Waals surface area contributed by atoms with E-state index in [0.29, 0.717) is 10.9 Å². The maximum absolute atomic E-state index is 11.4. The summed E-state index contributed by atoms with van der Waals surface area (Å²) in [4.78, 5) is 15.4. The number of thioether (sulfide) groups is 1. The van der Waals surface area contributed by atoms with Crippen LogP contribution >= 0.6 is 23.3 Å². The van der Waals surface area contributed by atoms with Crippen LogP contribution in [0.2, 0.25) is 0 Å². The van der Waals surface area contributed by atoms with E-state index < -0.39 is 0 Å². The molecule has 0 saturated heterocycles. The number of nitrogens with one attached hydrogen (secondary N) is 1. The average Bonchev–Trinajstić information content (AvgIpc) is 2.74. The van der Waals surface area contributed by atoms with Crippen molar-refractivity contribution in [3.05, 3.63) is 11.1 Å². The van der Waals surface area contributed by atoms with Gasteiger partial charge in [-0.2, -0.15) is 0 Å². The van der Waals surface area contributed by atoms with Crippen molar-refractivity contribution in [2.75, 3.05) is 12.3 Å². The molecule has 0 saturated carbocycles. The van der Waals surface area contributed by atoms with Gasteiger partial charge in [-0.05, 0) is 11.5 Å². The molecule has 0 bridgehead atoms. The van der Waals surface area contributed by atoms with Crippen molar-refractivity contribution in [3.63, 3.8) is 0 Å². The molecule has 1 aromatic rings. The Labute approximate surface area is 82.8 Å². The predicted molar refractivity (Wildman–Crippen MR) is 52.1 cm³/mol. The summed E-state index contributed by atoms with van der Waals surface area (Å²) in [6.45, 7) is 0.773. The Morgan fingerprint density at radius 1 is 1.62 bits per heavy atom. The molecule has 0 radical (unpaired) electrons. The second kappa shape index (κ2) is 3.84. The van der Waals surface area contributed by atoms with E-state index in [1.54, 1.807) is 17.1 Å². The molecule has 0 aromatic carbocycles. The van der Waals surface area contributed by atoms with E-state index >= 15 is 0 Å². The van der Waals surface area contributed by atoms with Gasteiger partial charge in [-0.1, -0.05) is 16.3 Å². The Morgan fingerprint density at radius 3 is 3.15 bits per heavy atom. The van der Waals surface area contributed by atoms with E-state index in [-0.39, 0.29) is 5.91 Å². The van der Waals surface area contributed by atoms with Crippen LogP contribution < -0.4 is 5.32 Å². The molecule has 0 unspecified atom stereocenters. The highest BCUT2D eigenvalue weighted by Gasteiger charge is 2.13. The average molecular weight is 214 g/mol. The molecule has 1 aromatic heterocycles. The van der Waals surface area contributed by atoms with E-state index in [0.717, 1.165) is 23.8 Å². The SMILES string of the molecule is O=C(NC1=NCCS1)c1csnn1. The van der Waals surface area contributed by atoms with Crippen LogP contribution in [0.25, 0.3) is 0 Å². The van der Waals surface area contributed by atoms with Crippen LogP contribution in [0.4, 0.5) is 0 Å². The molecule has 0 atom stereocenters. The Hall–Kier alpha value is -0.950. The number of hydrogen-bond acceptors (Lipinski definition) is 6. The molecular formula is C6H6N4OS2. The van der Waals surface area contributed by atoms with Gasteiger partial charge in [-0.25, -0.2) is 0 Å². The standard InChI is InChI=1S/C6H6N4OS2/c11-5(4-3-13-10-9-4)8-6-7-1-2-12-6/h3H,1-2H2,(H,7,8,11). The van der Waals surface area contributed by atoms with Gasteiger partial charge in [0.2, 0.25) is 0 Å². The van der Waals surface area contributed by atoms with Crippen molar-refractivity contribution in [1.29, 1.82) is 0 Å². The normalized spacial score (nSPS) is 15.5. The monoisotopic (exact) mass is 214 g/mol. The van der Waals surface area contributed by atoms with Crippen molar-refractivity contribution in [1.82, 2.24) is 14.9 Å². The van der Waals surface area contributed by atoms with E-state index in [9.17, 15) is 4.79 Å². The zero-order chi connectivity index (χ0) is 9.10. The first-order valence-electron chi connectivity index (χ1n) is 3.62. The summed E-state index contributed by atoms with van der Waals surface area (Å²) in [6.07, 6.45) is 0. The number of nitrogens with zero attached hydrogens (tertiary/aromatic N) is 3. The second-order valence-electron chi connectivity index (χ2n) is 2.28. The van der Waals surface area contributed by atoms with E-state index in [2.05, 4.69) is 19.9 Å². The minimum atomic E-state index is -0.234. The minimum Gasteiger partial charge on any atom is -0.300 e. The number of amides is 1. The predicted octanol–water partition coefficient (Wildman–Crippen LogP) is 0.371. The molecule has 68 valence electrons. The number of hydrogen-bond donors (Lipinski definition) is 1.